The summed E-state index contributed by atoms with van der Waals surface area (Å²) in [5.74, 6) is 1.47. The summed E-state index contributed by atoms with van der Waals surface area (Å²) < 4.78 is 0. The fourth-order valence-electron chi connectivity index (χ4n) is 1.30. The van der Waals surface area contributed by atoms with Crippen LogP contribution in [0.1, 0.15) is 12.8 Å². The van der Waals surface area contributed by atoms with Gasteiger partial charge in [0.25, 0.3) is 0 Å². The maximum atomic E-state index is 8.66. The van der Waals surface area contributed by atoms with E-state index in [0.717, 1.165) is 34.0 Å². The van der Waals surface area contributed by atoms with Crippen LogP contribution >= 0.6 is 23.1 Å². The van der Waals surface area contributed by atoms with E-state index in [-0.39, 0.29) is 6.61 Å². The highest BCUT2D eigenvalue weighted by molar-refractivity contribution is 7.99. The van der Waals surface area contributed by atoms with Crippen molar-refractivity contribution >= 4 is 39.1 Å². The molecule has 0 saturated carbocycles. The van der Waals surface area contributed by atoms with Crippen molar-refractivity contribution in [2.24, 2.45) is 0 Å². The monoisotopic (exact) mass is 255 g/mol. The van der Waals surface area contributed by atoms with Gasteiger partial charge in [0.2, 0.25) is 0 Å². The van der Waals surface area contributed by atoms with Gasteiger partial charge in [-0.25, -0.2) is 9.97 Å². The first-order chi connectivity index (χ1) is 7.81. The molecule has 0 atom stereocenters. The lowest BCUT2D eigenvalue weighted by atomic mass is 10.4. The number of aliphatic hydroxyl groups is 1. The molecule has 4 nitrogen and oxygen atoms in total. The Hall–Kier alpha value is -0.850. The molecule has 3 N–H and O–H groups in total. The third-order valence-corrected chi connectivity index (χ3v) is 3.86. The van der Waals surface area contributed by atoms with Crippen molar-refractivity contribution in [3.05, 3.63) is 11.4 Å². The summed E-state index contributed by atoms with van der Waals surface area (Å²) in [6.45, 7) is 0.244. The maximum Gasteiger partial charge on any atom is 0.190 e. The Morgan fingerprint density at radius 2 is 2.25 bits per heavy atom. The molecule has 2 heterocycles. The van der Waals surface area contributed by atoms with Crippen LogP contribution in [0.25, 0.3) is 10.2 Å². The Morgan fingerprint density at radius 3 is 3.06 bits per heavy atom. The minimum atomic E-state index is 0.244. The predicted molar refractivity (Wildman–Crippen MR) is 68.9 cm³/mol. The molecular formula is C10H13N3OS2. The lowest BCUT2D eigenvalue weighted by Gasteiger charge is -2.01. The first-order valence-electron chi connectivity index (χ1n) is 5.05. The molecule has 0 aliphatic rings. The van der Waals surface area contributed by atoms with E-state index in [2.05, 4.69) is 9.97 Å². The second-order valence-electron chi connectivity index (χ2n) is 3.31. The van der Waals surface area contributed by atoms with Gasteiger partial charge < -0.3 is 10.8 Å². The number of hydrogen-bond donors (Lipinski definition) is 2. The van der Waals surface area contributed by atoms with Crippen molar-refractivity contribution in [3.63, 3.8) is 0 Å². The van der Waals surface area contributed by atoms with E-state index in [1.54, 1.807) is 23.1 Å². The first kappa shape index (κ1) is 11.6. The molecule has 0 aliphatic heterocycles. The Labute approximate surface area is 102 Å². The van der Waals surface area contributed by atoms with Crippen LogP contribution in [0.15, 0.2) is 16.6 Å². The van der Waals surface area contributed by atoms with Crippen LogP contribution in [-0.4, -0.2) is 27.4 Å². The molecule has 0 fully saturated rings. The fraction of sp³-hybridized carbons (Fsp3) is 0.400. The third kappa shape index (κ3) is 2.63. The number of nitrogens with zero attached hydrogens (tertiary/aromatic N) is 2. The number of nitrogens with two attached hydrogens (primary N) is 1. The lowest BCUT2D eigenvalue weighted by Crippen LogP contribution is -1.95. The minimum absolute atomic E-state index is 0.244. The van der Waals surface area contributed by atoms with Crippen LogP contribution in [-0.2, 0) is 0 Å². The number of aromatic nitrogens is 2. The van der Waals surface area contributed by atoms with Crippen LogP contribution in [0.3, 0.4) is 0 Å². The van der Waals surface area contributed by atoms with Gasteiger partial charge in [-0.05, 0) is 24.3 Å². The van der Waals surface area contributed by atoms with Gasteiger partial charge >= 0.3 is 0 Å². The van der Waals surface area contributed by atoms with Crippen molar-refractivity contribution in [2.75, 3.05) is 18.1 Å². The van der Waals surface area contributed by atoms with E-state index in [1.165, 1.54) is 0 Å². The van der Waals surface area contributed by atoms with Gasteiger partial charge in [0.1, 0.15) is 10.6 Å². The highest BCUT2D eigenvalue weighted by Crippen LogP contribution is 2.26. The number of thioether (sulfide) groups is 1. The second kappa shape index (κ2) is 5.47. The second-order valence-corrected chi connectivity index (χ2v) is 5.27. The molecule has 0 aliphatic carbocycles. The number of fused-ring (bicyclic) bond motifs is 1. The van der Waals surface area contributed by atoms with E-state index >= 15 is 0 Å². The van der Waals surface area contributed by atoms with Crippen molar-refractivity contribution in [1.29, 1.82) is 0 Å². The van der Waals surface area contributed by atoms with Gasteiger partial charge in [0.05, 0.1) is 5.39 Å². The summed E-state index contributed by atoms with van der Waals surface area (Å²) in [7, 11) is 0. The summed E-state index contributed by atoms with van der Waals surface area (Å²) in [6, 6.07) is 1.94. The Balaban J connectivity index is 2.06. The molecule has 2 aromatic heterocycles. The van der Waals surface area contributed by atoms with Gasteiger partial charge in [-0.2, -0.15) is 0 Å². The average Bonchev–Trinajstić information content (AvgIpc) is 2.73. The van der Waals surface area contributed by atoms with Crippen LogP contribution in [0.5, 0.6) is 0 Å². The number of thiophene rings is 1. The smallest absolute Gasteiger partial charge is 0.190 e. The minimum Gasteiger partial charge on any atom is -0.396 e. The van der Waals surface area contributed by atoms with Crippen LogP contribution < -0.4 is 5.73 Å². The zero-order valence-electron chi connectivity index (χ0n) is 8.72. The number of hydrogen-bond acceptors (Lipinski definition) is 6. The third-order valence-electron chi connectivity index (χ3n) is 2.12. The number of anilines is 1. The number of rotatable bonds is 5. The van der Waals surface area contributed by atoms with Gasteiger partial charge in [-0.1, -0.05) is 11.8 Å². The summed E-state index contributed by atoms with van der Waals surface area (Å²) in [5, 5.41) is 12.3. The van der Waals surface area contributed by atoms with E-state index < -0.39 is 0 Å². The highest BCUT2D eigenvalue weighted by atomic mass is 32.2. The van der Waals surface area contributed by atoms with Gasteiger partial charge in [-0.15, -0.1) is 11.3 Å². The molecule has 6 heteroatoms. The predicted octanol–water partition coefficient (Wildman–Crippen LogP) is 2.14. The van der Waals surface area contributed by atoms with Crippen molar-refractivity contribution < 1.29 is 5.11 Å². The van der Waals surface area contributed by atoms with Gasteiger partial charge in [-0.3, -0.25) is 0 Å². The number of nitrogen functional groups attached to an aromatic ring is 1. The summed E-state index contributed by atoms with van der Waals surface area (Å²) in [4.78, 5) is 9.61. The highest BCUT2D eigenvalue weighted by Gasteiger charge is 2.06. The fourth-order valence-corrected chi connectivity index (χ4v) is 2.98. The molecular weight excluding hydrogens is 242 g/mol. The zero-order valence-corrected chi connectivity index (χ0v) is 10.4. The number of unbranched alkanes of at least 4 members (excludes halogenated alkanes) is 1. The first-order valence-corrected chi connectivity index (χ1v) is 6.92. The molecule has 16 heavy (non-hydrogen) atoms. The van der Waals surface area contributed by atoms with Crippen molar-refractivity contribution in [1.82, 2.24) is 9.97 Å². The molecule has 0 radical (unpaired) electrons. The Morgan fingerprint density at radius 1 is 1.38 bits per heavy atom. The molecule has 0 aromatic carbocycles. The van der Waals surface area contributed by atoms with E-state index in [9.17, 15) is 0 Å². The van der Waals surface area contributed by atoms with Crippen LogP contribution in [0, 0.1) is 0 Å². The molecule has 0 saturated heterocycles. The Kier molecular flexibility index (Phi) is 3.98. The van der Waals surface area contributed by atoms with Crippen molar-refractivity contribution in [3.8, 4) is 0 Å². The summed E-state index contributed by atoms with van der Waals surface area (Å²) >= 11 is 3.16. The van der Waals surface area contributed by atoms with Crippen molar-refractivity contribution in [2.45, 2.75) is 18.0 Å². The largest absolute Gasteiger partial charge is 0.396 e. The van der Waals surface area contributed by atoms with Crippen LogP contribution in [0.2, 0.25) is 0 Å². The topological polar surface area (TPSA) is 72.0 Å². The lowest BCUT2D eigenvalue weighted by molar-refractivity contribution is 0.287. The molecule has 0 unspecified atom stereocenters. The van der Waals surface area contributed by atoms with E-state index in [0.29, 0.717) is 5.82 Å². The molecule has 0 spiro atoms. The van der Waals surface area contributed by atoms with Crippen LogP contribution in [0.4, 0.5) is 5.82 Å². The van der Waals surface area contributed by atoms with Gasteiger partial charge in [0, 0.05) is 12.4 Å². The quantitative estimate of drug-likeness (QED) is 0.486. The summed E-state index contributed by atoms with van der Waals surface area (Å²) in [5.41, 5.74) is 5.83. The average molecular weight is 255 g/mol. The number of aliphatic hydroxyl groups excluding tert-OH is 1. The van der Waals surface area contributed by atoms with E-state index in [4.69, 9.17) is 10.8 Å². The normalized spacial score (nSPS) is 11.1. The summed E-state index contributed by atoms with van der Waals surface area (Å²) in [6.07, 6.45) is 1.79. The zero-order chi connectivity index (χ0) is 11.4. The SMILES string of the molecule is Nc1nc(SCCCCO)nc2sccc12. The Bertz CT molecular complexity index is 472. The molecule has 2 rings (SSSR count). The molecule has 0 amide bonds. The standard InChI is InChI=1S/C10H13N3OS2/c11-8-7-3-6-15-9(7)13-10(12-8)16-5-2-1-4-14/h3,6,14H,1-2,4-5H2,(H2,11,12,13). The molecule has 0 bridgehead atoms. The van der Waals surface area contributed by atoms with Gasteiger partial charge in [0.15, 0.2) is 5.16 Å². The molecule has 86 valence electrons. The maximum absolute atomic E-state index is 8.66. The molecule has 2 aromatic rings. The van der Waals surface area contributed by atoms with E-state index in [1.807, 2.05) is 11.4 Å².